The molecule has 0 N–H and O–H groups in total. The lowest BCUT2D eigenvalue weighted by atomic mass is 10.1. The molecule has 0 radical (unpaired) electrons. The molecular weight excluding hydrogens is 235 g/mol. The average molecular weight is 252 g/mol. The minimum absolute atomic E-state index is 0.0172. The van der Waals surface area contributed by atoms with E-state index in [2.05, 4.69) is 0 Å². The van der Waals surface area contributed by atoms with E-state index in [1.807, 2.05) is 0 Å². The van der Waals surface area contributed by atoms with Crippen LogP contribution < -0.4 is 0 Å². The summed E-state index contributed by atoms with van der Waals surface area (Å²) in [4.78, 5) is 11.7. The molecule has 1 aliphatic heterocycles. The third-order valence-corrected chi connectivity index (χ3v) is 3.02. The van der Waals surface area contributed by atoms with E-state index >= 15 is 0 Å². The van der Waals surface area contributed by atoms with Crippen LogP contribution in [0.4, 0.5) is 4.39 Å². The lowest BCUT2D eigenvalue weighted by Gasteiger charge is -2.22. The molecule has 0 amide bonds. The predicted octanol–water partition coefficient (Wildman–Crippen LogP) is 2.86. The number of ether oxygens (including phenoxy) is 2. The predicted molar refractivity (Wildman–Crippen MR) is 65.0 cm³/mol. The summed E-state index contributed by atoms with van der Waals surface area (Å²) in [5.74, 6) is -1.16. The van der Waals surface area contributed by atoms with Gasteiger partial charge in [-0.15, -0.1) is 0 Å². The Bertz CT molecular complexity index is 425. The van der Waals surface area contributed by atoms with Crippen molar-refractivity contribution in [1.82, 2.24) is 0 Å². The van der Waals surface area contributed by atoms with Crippen molar-refractivity contribution in [3.63, 3.8) is 0 Å². The molecule has 4 heteroatoms. The summed E-state index contributed by atoms with van der Waals surface area (Å²) in [7, 11) is 0. The van der Waals surface area contributed by atoms with Crippen molar-refractivity contribution in [1.29, 1.82) is 0 Å². The molecule has 1 aliphatic rings. The molecular formula is C14H17FO3. The fraction of sp³-hybridized carbons (Fsp3) is 0.500. The van der Waals surface area contributed by atoms with E-state index in [0.717, 1.165) is 24.8 Å². The standard InChI is InChI=1S/C14H17FO3/c1-10-5-6-12(13(15)8-10)14(16)18-9-11-4-2-3-7-17-11/h5-6,8,11H,2-4,7,9H2,1H3. The van der Waals surface area contributed by atoms with Gasteiger partial charge in [-0.25, -0.2) is 9.18 Å². The monoisotopic (exact) mass is 252 g/mol. The molecule has 0 spiro atoms. The second-order valence-corrected chi connectivity index (χ2v) is 4.57. The van der Waals surface area contributed by atoms with E-state index in [-0.39, 0.29) is 18.3 Å². The molecule has 18 heavy (non-hydrogen) atoms. The Kier molecular flexibility index (Phi) is 4.31. The molecule has 0 aliphatic carbocycles. The third kappa shape index (κ3) is 3.29. The van der Waals surface area contributed by atoms with Gasteiger partial charge in [0.1, 0.15) is 12.4 Å². The van der Waals surface area contributed by atoms with Crippen LogP contribution in [0.25, 0.3) is 0 Å². The quantitative estimate of drug-likeness (QED) is 0.776. The van der Waals surface area contributed by atoms with Crippen LogP contribution >= 0.6 is 0 Å². The fourth-order valence-electron chi connectivity index (χ4n) is 1.97. The normalized spacial score (nSPS) is 19.6. The maximum Gasteiger partial charge on any atom is 0.341 e. The van der Waals surface area contributed by atoms with E-state index in [1.165, 1.54) is 12.1 Å². The van der Waals surface area contributed by atoms with Gasteiger partial charge < -0.3 is 9.47 Å². The van der Waals surface area contributed by atoms with Gasteiger partial charge >= 0.3 is 5.97 Å². The molecule has 0 saturated carbocycles. The highest BCUT2D eigenvalue weighted by Gasteiger charge is 2.18. The second-order valence-electron chi connectivity index (χ2n) is 4.57. The highest BCUT2D eigenvalue weighted by atomic mass is 19.1. The van der Waals surface area contributed by atoms with E-state index in [9.17, 15) is 9.18 Å². The minimum Gasteiger partial charge on any atom is -0.459 e. The van der Waals surface area contributed by atoms with Gasteiger partial charge in [-0.3, -0.25) is 0 Å². The lowest BCUT2D eigenvalue weighted by Crippen LogP contribution is -2.26. The van der Waals surface area contributed by atoms with Crippen LogP contribution in [-0.2, 0) is 9.47 Å². The minimum atomic E-state index is -0.623. The second kappa shape index (κ2) is 5.96. The molecule has 1 unspecified atom stereocenters. The van der Waals surface area contributed by atoms with Gasteiger partial charge in [0.2, 0.25) is 0 Å². The molecule has 1 aromatic carbocycles. The van der Waals surface area contributed by atoms with Crippen molar-refractivity contribution in [2.45, 2.75) is 32.3 Å². The number of esters is 1. The molecule has 1 atom stereocenters. The SMILES string of the molecule is Cc1ccc(C(=O)OCC2CCCCO2)c(F)c1. The van der Waals surface area contributed by atoms with Gasteiger partial charge in [-0.1, -0.05) is 6.07 Å². The first kappa shape index (κ1) is 13.0. The molecule has 1 aromatic rings. The van der Waals surface area contributed by atoms with Crippen molar-refractivity contribution in [2.24, 2.45) is 0 Å². The summed E-state index contributed by atoms with van der Waals surface area (Å²) in [6, 6.07) is 4.47. The first-order chi connectivity index (χ1) is 8.66. The summed E-state index contributed by atoms with van der Waals surface area (Å²) >= 11 is 0. The van der Waals surface area contributed by atoms with Gasteiger partial charge in [0.15, 0.2) is 0 Å². The Labute approximate surface area is 106 Å². The van der Waals surface area contributed by atoms with Crippen molar-refractivity contribution < 1.29 is 18.7 Å². The van der Waals surface area contributed by atoms with Crippen LogP contribution in [0.3, 0.4) is 0 Å². The van der Waals surface area contributed by atoms with Crippen molar-refractivity contribution in [3.8, 4) is 0 Å². The van der Waals surface area contributed by atoms with Gasteiger partial charge in [0.25, 0.3) is 0 Å². The zero-order chi connectivity index (χ0) is 13.0. The van der Waals surface area contributed by atoms with Gasteiger partial charge in [0.05, 0.1) is 11.7 Å². The first-order valence-electron chi connectivity index (χ1n) is 6.21. The van der Waals surface area contributed by atoms with Crippen LogP contribution in [0.15, 0.2) is 18.2 Å². The van der Waals surface area contributed by atoms with Crippen LogP contribution in [-0.4, -0.2) is 25.3 Å². The van der Waals surface area contributed by atoms with E-state index in [0.29, 0.717) is 6.61 Å². The van der Waals surface area contributed by atoms with Gasteiger partial charge in [0, 0.05) is 6.61 Å². The van der Waals surface area contributed by atoms with Crippen LogP contribution in [0.5, 0.6) is 0 Å². The van der Waals surface area contributed by atoms with E-state index in [4.69, 9.17) is 9.47 Å². The Morgan fingerprint density at radius 3 is 3.00 bits per heavy atom. The fourth-order valence-corrected chi connectivity index (χ4v) is 1.97. The molecule has 3 nitrogen and oxygen atoms in total. The van der Waals surface area contributed by atoms with E-state index in [1.54, 1.807) is 13.0 Å². The zero-order valence-corrected chi connectivity index (χ0v) is 10.4. The summed E-state index contributed by atoms with van der Waals surface area (Å²) in [6.07, 6.45) is 2.98. The number of carbonyl (C=O) groups excluding carboxylic acids is 1. The number of aryl methyl sites for hydroxylation is 1. The smallest absolute Gasteiger partial charge is 0.341 e. The molecule has 1 saturated heterocycles. The average Bonchev–Trinajstić information content (AvgIpc) is 2.37. The van der Waals surface area contributed by atoms with Crippen LogP contribution in [0.2, 0.25) is 0 Å². The zero-order valence-electron chi connectivity index (χ0n) is 10.4. The number of rotatable bonds is 3. The van der Waals surface area contributed by atoms with Crippen molar-refractivity contribution in [3.05, 3.63) is 35.1 Å². The van der Waals surface area contributed by atoms with Gasteiger partial charge in [-0.05, 0) is 43.9 Å². The molecule has 98 valence electrons. The van der Waals surface area contributed by atoms with Crippen LogP contribution in [0, 0.1) is 12.7 Å². The summed E-state index contributed by atoms with van der Waals surface area (Å²) in [6.45, 7) is 2.68. The summed E-state index contributed by atoms with van der Waals surface area (Å²) in [5, 5.41) is 0. The molecule has 1 fully saturated rings. The molecule has 0 bridgehead atoms. The lowest BCUT2D eigenvalue weighted by molar-refractivity contribution is -0.0302. The topological polar surface area (TPSA) is 35.5 Å². The number of benzene rings is 1. The highest BCUT2D eigenvalue weighted by Crippen LogP contribution is 2.15. The van der Waals surface area contributed by atoms with E-state index < -0.39 is 11.8 Å². The number of carbonyl (C=O) groups is 1. The van der Waals surface area contributed by atoms with Gasteiger partial charge in [-0.2, -0.15) is 0 Å². The number of hydrogen-bond donors (Lipinski definition) is 0. The Hall–Kier alpha value is -1.42. The summed E-state index contributed by atoms with van der Waals surface area (Å²) in [5.41, 5.74) is 0.760. The molecule has 1 heterocycles. The molecule has 2 rings (SSSR count). The highest BCUT2D eigenvalue weighted by molar-refractivity contribution is 5.89. The van der Waals surface area contributed by atoms with Crippen LogP contribution in [0.1, 0.15) is 35.2 Å². The number of hydrogen-bond acceptors (Lipinski definition) is 3. The Morgan fingerprint density at radius 1 is 1.50 bits per heavy atom. The summed E-state index contributed by atoms with van der Waals surface area (Å²) < 4.78 is 24.1. The first-order valence-corrected chi connectivity index (χ1v) is 6.21. The Morgan fingerprint density at radius 2 is 2.33 bits per heavy atom. The van der Waals surface area contributed by atoms with Crippen molar-refractivity contribution in [2.75, 3.05) is 13.2 Å². The number of halogens is 1. The maximum atomic E-state index is 13.5. The van der Waals surface area contributed by atoms with Crippen molar-refractivity contribution >= 4 is 5.97 Å². The third-order valence-electron chi connectivity index (χ3n) is 3.02. The largest absolute Gasteiger partial charge is 0.459 e. The Balaban J connectivity index is 1.90. The molecule has 0 aromatic heterocycles. The maximum absolute atomic E-state index is 13.5.